The zero-order valence-corrected chi connectivity index (χ0v) is 12.4. The number of nitrogens with zero attached hydrogens (tertiary/aromatic N) is 1. The van der Waals surface area contributed by atoms with Gasteiger partial charge < -0.3 is 11.1 Å². The Labute approximate surface area is 131 Å². The van der Waals surface area contributed by atoms with E-state index in [1.165, 1.54) is 17.0 Å². The topological polar surface area (TPSA) is 75.4 Å². The van der Waals surface area contributed by atoms with Gasteiger partial charge in [-0.25, -0.2) is 0 Å². The summed E-state index contributed by atoms with van der Waals surface area (Å²) in [6.45, 7) is -0.472. The number of hydrogen-bond donors (Lipinski definition) is 2. The van der Waals surface area contributed by atoms with Crippen molar-refractivity contribution >= 4 is 17.5 Å². The van der Waals surface area contributed by atoms with Gasteiger partial charge in [0, 0.05) is 17.2 Å². The lowest BCUT2D eigenvalue weighted by Gasteiger charge is -2.31. The molecule has 126 valence electrons. The molecule has 0 saturated carbocycles. The Hall–Kier alpha value is -2.09. The molecule has 0 atom stereocenters. The fraction of sp³-hybridized carbons (Fsp3) is 0.467. The van der Waals surface area contributed by atoms with Crippen LogP contribution in [0.25, 0.3) is 0 Å². The largest absolute Gasteiger partial charge is 0.401 e. The molecule has 0 aromatic heterocycles. The molecule has 2 rings (SSSR count). The van der Waals surface area contributed by atoms with Gasteiger partial charge in [-0.15, -0.1) is 0 Å². The predicted molar refractivity (Wildman–Crippen MR) is 78.8 cm³/mol. The maximum absolute atomic E-state index is 12.3. The van der Waals surface area contributed by atoms with Crippen LogP contribution < -0.4 is 11.1 Å². The molecule has 1 aliphatic rings. The van der Waals surface area contributed by atoms with Gasteiger partial charge in [-0.3, -0.25) is 14.5 Å². The lowest BCUT2D eigenvalue weighted by molar-refractivity contribution is -0.149. The van der Waals surface area contributed by atoms with Gasteiger partial charge in [-0.05, 0) is 44.1 Å². The van der Waals surface area contributed by atoms with Crippen molar-refractivity contribution in [1.82, 2.24) is 4.90 Å². The first-order chi connectivity index (χ1) is 10.7. The Bertz CT molecular complexity index is 582. The van der Waals surface area contributed by atoms with Crippen molar-refractivity contribution in [3.63, 3.8) is 0 Å². The average molecular weight is 329 g/mol. The fourth-order valence-corrected chi connectivity index (χ4v) is 2.60. The van der Waals surface area contributed by atoms with Crippen LogP contribution in [0.3, 0.4) is 0 Å². The third-order valence-corrected chi connectivity index (χ3v) is 3.78. The van der Waals surface area contributed by atoms with Gasteiger partial charge in [0.25, 0.3) is 0 Å². The Morgan fingerprint density at radius 2 is 1.91 bits per heavy atom. The van der Waals surface area contributed by atoms with Crippen molar-refractivity contribution < 1.29 is 22.8 Å². The van der Waals surface area contributed by atoms with E-state index < -0.39 is 18.6 Å². The van der Waals surface area contributed by atoms with E-state index >= 15 is 0 Å². The van der Waals surface area contributed by atoms with Crippen molar-refractivity contribution in [1.29, 1.82) is 0 Å². The zero-order chi connectivity index (χ0) is 17.0. The minimum absolute atomic E-state index is 0.235. The number of halogens is 3. The summed E-state index contributed by atoms with van der Waals surface area (Å²) in [6.07, 6.45) is -3.47. The van der Waals surface area contributed by atoms with E-state index in [2.05, 4.69) is 5.32 Å². The molecular weight excluding hydrogens is 311 g/mol. The number of carbonyl (C=O) groups excluding carboxylic acids is 2. The molecule has 5 nitrogen and oxygen atoms in total. The predicted octanol–water partition coefficient (Wildman–Crippen LogP) is 2.00. The molecule has 8 heteroatoms. The highest BCUT2D eigenvalue weighted by molar-refractivity contribution is 5.96. The highest BCUT2D eigenvalue weighted by atomic mass is 19.4. The van der Waals surface area contributed by atoms with E-state index in [1.54, 1.807) is 12.1 Å². The first kappa shape index (κ1) is 17.3. The van der Waals surface area contributed by atoms with Crippen LogP contribution in [0.15, 0.2) is 24.3 Å². The summed E-state index contributed by atoms with van der Waals surface area (Å²) in [5.74, 6) is -1.18. The Balaban J connectivity index is 1.88. The summed E-state index contributed by atoms with van der Waals surface area (Å²) in [4.78, 5) is 24.6. The van der Waals surface area contributed by atoms with E-state index in [0.29, 0.717) is 18.5 Å². The molecule has 3 N–H and O–H groups in total. The average Bonchev–Trinajstić information content (AvgIpc) is 2.46. The highest BCUT2D eigenvalue weighted by Crippen LogP contribution is 2.23. The van der Waals surface area contributed by atoms with Crippen molar-refractivity contribution in [3.8, 4) is 0 Å². The maximum atomic E-state index is 12.3. The molecule has 0 bridgehead atoms. The minimum Gasteiger partial charge on any atom is -0.366 e. The number of primary amides is 1. The van der Waals surface area contributed by atoms with E-state index in [4.69, 9.17) is 5.73 Å². The van der Waals surface area contributed by atoms with Crippen LogP contribution in [0.5, 0.6) is 0 Å². The third kappa shape index (κ3) is 5.24. The van der Waals surface area contributed by atoms with Crippen LogP contribution >= 0.6 is 0 Å². The smallest absolute Gasteiger partial charge is 0.366 e. The Morgan fingerprint density at radius 1 is 1.26 bits per heavy atom. The number of nitrogens with two attached hydrogens (primary N) is 1. The van der Waals surface area contributed by atoms with Crippen LogP contribution in [-0.2, 0) is 4.79 Å². The number of carbonyl (C=O) groups is 2. The van der Waals surface area contributed by atoms with Gasteiger partial charge in [0.2, 0.25) is 11.8 Å². The van der Waals surface area contributed by atoms with Crippen LogP contribution in [-0.4, -0.2) is 42.5 Å². The summed E-state index contributed by atoms with van der Waals surface area (Å²) in [7, 11) is 0. The lowest BCUT2D eigenvalue weighted by Crippen LogP contribution is -2.42. The van der Waals surface area contributed by atoms with Crippen LogP contribution in [0, 0.1) is 5.92 Å². The Morgan fingerprint density at radius 3 is 2.48 bits per heavy atom. The second-order valence-corrected chi connectivity index (χ2v) is 5.60. The molecular formula is C15H18F3N3O2. The highest BCUT2D eigenvalue weighted by Gasteiger charge is 2.33. The Kier molecular flexibility index (Phi) is 5.25. The van der Waals surface area contributed by atoms with Gasteiger partial charge >= 0.3 is 6.18 Å². The lowest BCUT2D eigenvalue weighted by atomic mass is 9.95. The number of anilines is 1. The molecule has 0 unspecified atom stereocenters. The monoisotopic (exact) mass is 329 g/mol. The SMILES string of the molecule is NC(=O)c1cccc(NC(=O)C2CCN(CC(F)(F)F)CC2)c1. The summed E-state index contributed by atoms with van der Waals surface area (Å²) < 4.78 is 37.0. The summed E-state index contributed by atoms with van der Waals surface area (Å²) in [6, 6.07) is 6.23. The van der Waals surface area contributed by atoms with Gasteiger partial charge in [0.1, 0.15) is 0 Å². The number of benzene rings is 1. The number of piperidine rings is 1. The summed E-state index contributed by atoms with van der Waals surface area (Å²) in [5, 5.41) is 2.68. The number of alkyl halides is 3. The second kappa shape index (κ2) is 6.99. The van der Waals surface area contributed by atoms with Crippen LogP contribution in [0.2, 0.25) is 0 Å². The normalized spacial score (nSPS) is 17.0. The number of hydrogen-bond acceptors (Lipinski definition) is 3. The van der Waals surface area contributed by atoms with Crippen LogP contribution in [0.1, 0.15) is 23.2 Å². The first-order valence-corrected chi connectivity index (χ1v) is 7.24. The van der Waals surface area contributed by atoms with E-state index in [0.717, 1.165) is 0 Å². The van der Waals surface area contributed by atoms with Crippen LogP contribution in [0.4, 0.5) is 18.9 Å². The standard InChI is InChI=1S/C15H18F3N3O2/c16-15(17,18)9-21-6-4-10(5-7-21)14(23)20-12-3-1-2-11(8-12)13(19)22/h1-3,8,10H,4-7,9H2,(H2,19,22)(H,20,23). The first-order valence-electron chi connectivity index (χ1n) is 7.24. The van der Waals surface area contributed by atoms with Crippen molar-refractivity contribution in [2.75, 3.05) is 25.0 Å². The second-order valence-electron chi connectivity index (χ2n) is 5.60. The molecule has 0 aliphatic carbocycles. The minimum atomic E-state index is -4.22. The molecule has 1 aliphatic heterocycles. The third-order valence-electron chi connectivity index (χ3n) is 3.78. The van der Waals surface area contributed by atoms with Crippen molar-refractivity contribution in [2.24, 2.45) is 11.7 Å². The number of nitrogens with one attached hydrogen (secondary N) is 1. The van der Waals surface area contributed by atoms with Gasteiger partial charge in [-0.2, -0.15) is 13.2 Å². The van der Waals surface area contributed by atoms with E-state index in [-0.39, 0.29) is 30.5 Å². The van der Waals surface area contributed by atoms with Gasteiger partial charge in [-0.1, -0.05) is 6.07 Å². The van der Waals surface area contributed by atoms with E-state index in [1.807, 2.05) is 0 Å². The number of rotatable bonds is 4. The summed E-state index contributed by atoms with van der Waals surface area (Å²) in [5.41, 5.74) is 5.90. The molecule has 0 radical (unpaired) electrons. The molecule has 0 spiro atoms. The molecule has 1 fully saturated rings. The quantitative estimate of drug-likeness (QED) is 0.887. The molecule has 23 heavy (non-hydrogen) atoms. The summed E-state index contributed by atoms with van der Waals surface area (Å²) >= 11 is 0. The zero-order valence-electron chi connectivity index (χ0n) is 12.4. The maximum Gasteiger partial charge on any atom is 0.401 e. The van der Waals surface area contributed by atoms with Crippen molar-refractivity contribution in [2.45, 2.75) is 19.0 Å². The molecule has 1 heterocycles. The van der Waals surface area contributed by atoms with Gasteiger partial charge in [0.15, 0.2) is 0 Å². The number of amides is 2. The molecule has 2 amide bonds. The number of likely N-dealkylation sites (tertiary alicyclic amines) is 1. The molecule has 1 aromatic carbocycles. The van der Waals surface area contributed by atoms with Gasteiger partial charge in [0.05, 0.1) is 6.54 Å². The van der Waals surface area contributed by atoms with E-state index in [9.17, 15) is 22.8 Å². The molecule has 1 saturated heterocycles. The molecule has 1 aromatic rings. The van der Waals surface area contributed by atoms with Crippen molar-refractivity contribution in [3.05, 3.63) is 29.8 Å². The fourth-order valence-electron chi connectivity index (χ4n) is 2.60.